The van der Waals surface area contributed by atoms with Gasteiger partial charge in [-0.3, -0.25) is 10.2 Å². The van der Waals surface area contributed by atoms with Crippen LogP contribution in [0.4, 0.5) is 0 Å². The number of rotatable bonds is 5. The van der Waals surface area contributed by atoms with Crippen molar-refractivity contribution in [2.75, 3.05) is 0 Å². The van der Waals surface area contributed by atoms with Crippen molar-refractivity contribution in [1.82, 2.24) is 10.9 Å². The Morgan fingerprint density at radius 1 is 1.25 bits per heavy atom. The van der Waals surface area contributed by atoms with Gasteiger partial charge in [0.05, 0.1) is 6.04 Å². The molecule has 12 heavy (non-hydrogen) atoms. The average Bonchev–Trinajstić information content (AvgIpc) is 2.45. The second-order valence-electron chi connectivity index (χ2n) is 3.26. The Bertz CT molecular complexity index is 147. The number of amides is 1. The van der Waals surface area contributed by atoms with Gasteiger partial charge in [0.15, 0.2) is 0 Å². The van der Waals surface area contributed by atoms with Crippen molar-refractivity contribution in [3.05, 3.63) is 6.04 Å². The number of carbonyl (C=O) groups is 1. The summed E-state index contributed by atoms with van der Waals surface area (Å²) < 4.78 is 0. The third-order valence-corrected chi connectivity index (χ3v) is 2.08. The van der Waals surface area contributed by atoms with E-state index in [9.17, 15) is 4.79 Å². The minimum Gasteiger partial charge on any atom is -0.291 e. The van der Waals surface area contributed by atoms with Gasteiger partial charge in [0, 0.05) is 6.42 Å². The lowest BCUT2D eigenvalue weighted by Crippen LogP contribution is -2.27. The quantitative estimate of drug-likeness (QED) is 0.612. The Kier molecular flexibility index (Phi) is 4.08. The molecule has 0 bridgehead atoms. The summed E-state index contributed by atoms with van der Waals surface area (Å²) in [6.45, 7) is 2.20. The van der Waals surface area contributed by atoms with E-state index < -0.39 is 0 Å². The van der Waals surface area contributed by atoms with Gasteiger partial charge in [-0.15, -0.1) is 0 Å². The van der Waals surface area contributed by atoms with Crippen LogP contribution in [0.3, 0.4) is 0 Å². The predicted octanol–water partition coefficient (Wildman–Crippen LogP) is 1.51. The summed E-state index contributed by atoms with van der Waals surface area (Å²) in [7, 11) is 0. The molecule has 0 atom stereocenters. The smallest absolute Gasteiger partial charge is 0.236 e. The van der Waals surface area contributed by atoms with Crippen molar-refractivity contribution < 1.29 is 4.79 Å². The number of hydrogen-bond acceptors (Lipinski definition) is 2. The second-order valence-corrected chi connectivity index (χ2v) is 3.26. The minimum atomic E-state index is 0.0977. The van der Waals surface area contributed by atoms with E-state index in [1.807, 2.05) is 0 Å². The Morgan fingerprint density at radius 2 is 2.08 bits per heavy atom. The van der Waals surface area contributed by atoms with Crippen LogP contribution in [0.15, 0.2) is 0 Å². The summed E-state index contributed by atoms with van der Waals surface area (Å²) >= 11 is 0. The summed E-state index contributed by atoms with van der Waals surface area (Å²) in [5.74, 6) is 0.0977. The zero-order chi connectivity index (χ0) is 8.81. The van der Waals surface area contributed by atoms with Crippen LogP contribution in [-0.4, -0.2) is 5.91 Å². The molecule has 0 saturated carbocycles. The van der Waals surface area contributed by atoms with Crippen LogP contribution in [0.1, 0.15) is 45.4 Å². The maximum atomic E-state index is 10.7. The van der Waals surface area contributed by atoms with Crippen molar-refractivity contribution >= 4 is 5.91 Å². The molecule has 0 aromatic rings. The van der Waals surface area contributed by atoms with Crippen LogP contribution < -0.4 is 10.9 Å². The zero-order valence-corrected chi connectivity index (χ0v) is 7.65. The van der Waals surface area contributed by atoms with E-state index in [1.165, 1.54) is 25.7 Å². The third-order valence-electron chi connectivity index (χ3n) is 2.08. The highest BCUT2D eigenvalue weighted by Crippen LogP contribution is 2.15. The van der Waals surface area contributed by atoms with Gasteiger partial charge >= 0.3 is 0 Å². The lowest BCUT2D eigenvalue weighted by atomic mass is 10.1. The number of carbonyl (C=O) groups excluding carboxylic acids is 1. The fraction of sp³-hybridized carbons (Fsp3) is 0.778. The zero-order valence-electron chi connectivity index (χ0n) is 7.65. The molecule has 1 radical (unpaired) electrons. The van der Waals surface area contributed by atoms with E-state index in [-0.39, 0.29) is 5.91 Å². The molecule has 0 spiro atoms. The molecule has 3 heteroatoms. The summed E-state index contributed by atoms with van der Waals surface area (Å²) in [6, 6.07) is 1.15. The first-order valence-corrected chi connectivity index (χ1v) is 4.72. The first-order valence-electron chi connectivity index (χ1n) is 4.72. The molecule has 1 fully saturated rings. The largest absolute Gasteiger partial charge is 0.291 e. The number of nitrogens with one attached hydrogen (secondary N) is 2. The van der Waals surface area contributed by atoms with Crippen LogP contribution >= 0.6 is 0 Å². The highest BCUT2D eigenvalue weighted by atomic mass is 16.2. The molecule has 3 nitrogen and oxygen atoms in total. The molecule has 2 N–H and O–H groups in total. The number of hydrazine groups is 1. The van der Waals surface area contributed by atoms with Crippen LogP contribution in [0.5, 0.6) is 0 Å². The molecule has 1 aliphatic rings. The molecule has 1 saturated heterocycles. The van der Waals surface area contributed by atoms with Gasteiger partial charge in [-0.25, -0.2) is 5.43 Å². The van der Waals surface area contributed by atoms with Crippen molar-refractivity contribution in [3.8, 4) is 0 Å². The fourth-order valence-corrected chi connectivity index (χ4v) is 1.36. The molecule has 1 rings (SSSR count). The van der Waals surface area contributed by atoms with E-state index in [0.29, 0.717) is 6.42 Å². The molecule has 1 amide bonds. The van der Waals surface area contributed by atoms with Gasteiger partial charge < -0.3 is 0 Å². The molecule has 0 unspecified atom stereocenters. The van der Waals surface area contributed by atoms with Crippen LogP contribution in [0.25, 0.3) is 0 Å². The standard InChI is InChI=1S/C9H17N2O/c1-2-3-4-5-6-8-7-9(12)11-10-8/h10H,2-7H2,1H3,(H,11,12). The lowest BCUT2D eigenvalue weighted by Gasteiger charge is -2.05. The second kappa shape index (κ2) is 5.14. The molecule has 0 aliphatic carbocycles. The average molecular weight is 169 g/mol. The summed E-state index contributed by atoms with van der Waals surface area (Å²) in [4.78, 5) is 10.7. The summed E-state index contributed by atoms with van der Waals surface area (Å²) in [5, 5.41) is 0. The van der Waals surface area contributed by atoms with E-state index >= 15 is 0 Å². The van der Waals surface area contributed by atoms with Gasteiger partial charge in [0.1, 0.15) is 0 Å². The van der Waals surface area contributed by atoms with Crippen molar-refractivity contribution in [2.24, 2.45) is 0 Å². The molecule has 0 aromatic carbocycles. The maximum Gasteiger partial charge on any atom is 0.236 e. The molecule has 1 heterocycles. The number of unbranched alkanes of at least 4 members (excludes halogenated alkanes) is 3. The summed E-state index contributed by atoms with van der Waals surface area (Å²) in [6.07, 6.45) is 6.65. The minimum absolute atomic E-state index is 0.0977. The van der Waals surface area contributed by atoms with E-state index in [1.54, 1.807) is 0 Å². The monoisotopic (exact) mass is 169 g/mol. The maximum absolute atomic E-state index is 10.7. The molecule has 1 aliphatic heterocycles. The summed E-state index contributed by atoms with van der Waals surface area (Å²) in [5.41, 5.74) is 5.48. The predicted molar refractivity (Wildman–Crippen MR) is 47.9 cm³/mol. The van der Waals surface area contributed by atoms with Crippen LogP contribution in [0.2, 0.25) is 0 Å². The lowest BCUT2D eigenvalue weighted by molar-refractivity contribution is -0.119. The number of hydrogen-bond donors (Lipinski definition) is 2. The third kappa shape index (κ3) is 3.22. The molecule has 69 valence electrons. The normalized spacial score (nSPS) is 18.2. The van der Waals surface area contributed by atoms with Gasteiger partial charge in [0.25, 0.3) is 0 Å². The van der Waals surface area contributed by atoms with E-state index in [0.717, 1.165) is 12.5 Å². The van der Waals surface area contributed by atoms with Crippen LogP contribution in [-0.2, 0) is 4.79 Å². The highest BCUT2D eigenvalue weighted by molar-refractivity contribution is 5.79. The highest BCUT2D eigenvalue weighted by Gasteiger charge is 2.20. The molecule has 0 aromatic heterocycles. The first-order chi connectivity index (χ1) is 5.83. The first kappa shape index (κ1) is 9.52. The Hall–Kier alpha value is -0.570. The Morgan fingerprint density at radius 3 is 2.67 bits per heavy atom. The van der Waals surface area contributed by atoms with Gasteiger partial charge in [-0.05, 0) is 6.42 Å². The van der Waals surface area contributed by atoms with Gasteiger partial charge in [0.2, 0.25) is 5.91 Å². The van der Waals surface area contributed by atoms with E-state index in [4.69, 9.17) is 0 Å². The Balaban J connectivity index is 1.97. The Labute approximate surface area is 73.9 Å². The molecular weight excluding hydrogens is 152 g/mol. The molecular formula is C9H17N2O. The van der Waals surface area contributed by atoms with Crippen LogP contribution in [0, 0.1) is 6.04 Å². The fourth-order valence-electron chi connectivity index (χ4n) is 1.36. The van der Waals surface area contributed by atoms with Crippen molar-refractivity contribution in [3.63, 3.8) is 0 Å². The van der Waals surface area contributed by atoms with Gasteiger partial charge in [-0.2, -0.15) is 0 Å². The SMILES string of the molecule is CCCCCC[C]1CC(=O)NN1. The topological polar surface area (TPSA) is 41.1 Å². The van der Waals surface area contributed by atoms with Crippen molar-refractivity contribution in [2.45, 2.75) is 45.4 Å². The van der Waals surface area contributed by atoms with Gasteiger partial charge in [-0.1, -0.05) is 32.6 Å². The van der Waals surface area contributed by atoms with E-state index in [2.05, 4.69) is 17.8 Å². The van der Waals surface area contributed by atoms with Crippen molar-refractivity contribution in [1.29, 1.82) is 0 Å².